The molecule has 0 fully saturated rings. The lowest BCUT2D eigenvalue weighted by atomic mass is 10.2. The summed E-state index contributed by atoms with van der Waals surface area (Å²) >= 11 is 1.81. The van der Waals surface area contributed by atoms with Crippen molar-refractivity contribution in [3.05, 3.63) is 84.4 Å². The van der Waals surface area contributed by atoms with Crippen molar-refractivity contribution < 1.29 is 9.53 Å². The van der Waals surface area contributed by atoms with Crippen molar-refractivity contribution in [2.24, 2.45) is 0 Å². The van der Waals surface area contributed by atoms with Gasteiger partial charge in [0.25, 0.3) is 0 Å². The normalized spacial score (nSPS) is 12.4. The molecule has 1 heterocycles. The number of ether oxygens (including phenoxy) is 1. The Balaban J connectivity index is 1.32. The van der Waals surface area contributed by atoms with E-state index in [4.69, 9.17) is 4.74 Å². The number of fused-ring (bicyclic) bond motifs is 2. The Labute approximate surface area is 181 Å². The van der Waals surface area contributed by atoms with Gasteiger partial charge in [0.2, 0.25) is 5.91 Å². The lowest BCUT2D eigenvalue weighted by molar-refractivity contribution is -0.116. The van der Waals surface area contributed by atoms with E-state index in [1.807, 2.05) is 42.1 Å². The number of anilines is 2. The van der Waals surface area contributed by atoms with Gasteiger partial charge in [0.05, 0.1) is 18.5 Å². The van der Waals surface area contributed by atoms with Crippen LogP contribution in [0.15, 0.2) is 88.7 Å². The average Bonchev–Trinajstić information content (AvgIpc) is 2.80. The van der Waals surface area contributed by atoms with Crippen LogP contribution in [0.25, 0.3) is 6.08 Å². The summed E-state index contributed by atoms with van der Waals surface area (Å²) in [6.07, 6.45) is 4.24. The molecule has 152 valence electrons. The third kappa shape index (κ3) is 4.69. The first-order chi connectivity index (χ1) is 14.7. The summed E-state index contributed by atoms with van der Waals surface area (Å²) in [6.45, 7) is 1.47. The number of carbonyl (C=O) groups excluding carboxylic acids is 1. The topological polar surface area (TPSA) is 41.6 Å². The fourth-order valence-corrected chi connectivity index (χ4v) is 4.51. The number of methoxy groups -OCH3 is 1. The smallest absolute Gasteiger partial charge is 0.244 e. The molecule has 5 heteroatoms. The van der Waals surface area contributed by atoms with Crippen LogP contribution < -0.4 is 15.0 Å². The largest absolute Gasteiger partial charge is 0.497 e. The molecule has 0 aliphatic carbocycles. The Morgan fingerprint density at radius 2 is 1.60 bits per heavy atom. The number of rotatable bonds is 7. The summed E-state index contributed by atoms with van der Waals surface area (Å²) in [7, 11) is 1.64. The quantitative estimate of drug-likeness (QED) is 0.407. The van der Waals surface area contributed by atoms with Gasteiger partial charge in [0.1, 0.15) is 5.75 Å². The number of hydrogen-bond donors (Lipinski definition) is 1. The molecule has 4 rings (SSSR count). The first kappa shape index (κ1) is 20.1. The minimum Gasteiger partial charge on any atom is -0.497 e. The van der Waals surface area contributed by atoms with E-state index >= 15 is 0 Å². The zero-order chi connectivity index (χ0) is 20.8. The molecule has 0 saturated heterocycles. The molecule has 0 aromatic heterocycles. The maximum absolute atomic E-state index is 12.1. The molecule has 3 aromatic rings. The van der Waals surface area contributed by atoms with Crippen LogP contribution in [0.1, 0.15) is 12.0 Å². The van der Waals surface area contributed by atoms with Crippen molar-refractivity contribution in [3.63, 3.8) is 0 Å². The van der Waals surface area contributed by atoms with E-state index in [9.17, 15) is 4.79 Å². The molecule has 3 aromatic carbocycles. The average molecular weight is 417 g/mol. The van der Waals surface area contributed by atoms with E-state index in [2.05, 4.69) is 58.7 Å². The summed E-state index contributed by atoms with van der Waals surface area (Å²) in [5, 5.41) is 2.98. The van der Waals surface area contributed by atoms with Crippen LogP contribution in [0.5, 0.6) is 5.75 Å². The Bertz CT molecular complexity index is 1000. The zero-order valence-electron chi connectivity index (χ0n) is 16.9. The Morgan fingerprint density at radius 1 is 0.967 bits per heavy atom. The van der Waals surface area contributed by atoms with Gasteiger partial charge in [-0.1, -0.05) is 48.2 Å². The predicted octanol–water partition coefficient (Wildman–Crippen LogP) is 5.52. The van der Waals surface area contributed by atoms with Gasteiger partial charge in [0, 0.05) is 29.0 Å². The highest BCUT2D eigenvalue weighted by atomic mass is 32.2. The molecule has 0 bridgehead atoms. The maximum Gasteiger partial charge on any atom is 0.244 e. The Kier molecular flexibility index (Phi) is 6.40. The lowest BCUT2D eigenvalue weighted by Gasteiger charge is -2.32. The fourth-order valence-electron chi connectivity index (χ4n) is 3.42. The van der Waals surface area contributed by atoms with Crippen molar-refractivity contribution >= 4 is 35.1 Å². The van der Waals surface area contributed by atoms with Gasteiger partial charge in [-0.25, -0.2) is 0 Å². The molecular weight excluding hydrogens is 392 g/mol. The Hall–Kier alpha value is -3.18. The van der Waals surface area contributed by atoms with E-state index in [0.717, 1.165) is 24.3 Å². The summed E-state index contributed by atoms with van der Waals surface area (Å²) in [5.74, 6) is 0.719. The molecule has 0 radical (unpaired) electrons. The van der Waals surface area contributed by atoms with Gasteiger partial charge in [0.15, 0.2) is 0 Å². The van der Waals surface area contributed by atoms with Crippen molar-refractivity contribution in [3.8, 4) is 5.75 Å². The first-order valence-electron chi connectivity index (χ1n) is 9.98. The van der Waals surface area contributed by atoms with Crippen LogP contribution in [0.3, 0.4) is 0 Å². The molecular formula is C25H24N2O2S. The standard InChI is InChI=1S/C25H24N2O2S/c1-29-20-14-11-19(12-15-20)13-16-25(28)26-17-6-18-27-21-7-2-4-9-23(21)30-24-10-5-3-8-22(24)27/h2-5,7-16H,6,17-18H2,1H3,(H,26,28)/b16-13+. The zero-order valence-corrected chi connectivity index (χ0v) is 17.7. The van der Waals surface area contributed by atoms with Crippen molar-refractivity contribution in [2.45, 2.75) is 16.2 Å². The molecule has 1 amide bonds. The van der Waals surface area contributed by atoms with Crippen LogP contribution in [0.4, 0.5) is 11.4 Å². The van der Waals surface area contributed by atoms with Gasteiger partial charge >= 0.3 is 0 Å². The van der Waals surface area contributed by atoms with E-state index in [1.54, 1.807) is 13.2 Å². The molecule has 1 N–H and O–H groups in total. The maximum atomic E-state index is 12.1. The summed E-state index contributed by atoms with van der Waals surface area (Å²) in [4.78, 5) is 17.0. The first-order valence-corrected chi connectivity index (χ1v) is 10.8. The fraction of sp³-hybridized carbons (Fsp3) is 0.160. The van der Waals surface area contributed by atoms with Gasteiger partial charge < -0.3 is 15.0 Å². The third-order valence-corrected chi connectivity index (χ3v) is 6.06. The molecule has 30 heavy (non-hydrogen) atoms. The summed E-state index contributed by atoms with van der Waals surface area (Å²) in [5.41, 5.74) is 3.42. The lowest BCUT2D eigenvalue weighted by Crippen LogP contribution is -2.27. The van der Waals surface area contributed by atoms with Crippen LogP contribution in [-0.4, -0.2) is 26.1 Å². The second-order valence-electron chi connectivity index (χ2n) is 6.94. The van der Waals surface area contributed by atoms with Gasteiger partial charge in [-0.05, 0) is 54.5 Å². The monoisotopic (exact) mass is 416 g/mol. The minimum absolute atomic E-state index is 0.0826. The summed E-state index contributed by atoms with van der Waals surface area (Å²) < 4.78 is 5.15. The number of nitrogens with zero attached hydrogens (tertiary/aromatic N) is 1. The molecule has 0 spiro atoms. The van der Waals surface area contributed by atoms with E-state index < -0.39 is 0 Å². The van der Waals surface area contributed by atoms with Crippen LogP contribution in [0.2, 0.25) is 0 Å². The van der Waals surface area contributed by atoms with Gasteiger partial charge in [-0.15, -0.1) is 0 Å². The minimum atomic E-state index is -0.0826. The van der Waals surface area contributed by atoms with Crippen LogP contribution in [-0.2, 0) is 4.79 Å². The Morgan fingerprint density at radius 3 is 2.23 bits per heavy atom. The number of amides is 1. The van der Waals surface area contributed by atoms with Crippen molar-refractivity contribution in [1.29, 1.82) is 0 Å². The van der Waals surface area contributed by atoms with Gasteiger partial charge in [-0.2, -0.15) is 0 Å². The van der Waals surface area contributed by atoms with E-state index in [0.29, 0.717) is 6.54 Å². The second kappa shape index (κ2) is 9.55. The predicted molar refractivity (Wildman–Crippen MR) is 124 cm³/mol. The number of hydrogen-bond acceptors (Lipinski definition) is 4. The van der Waals surface area contributed by atoms with Gasteiger partial charge in [-0.3, -0.25) is 4.79 Å². The molecule has 4 nitrogen and oxygen atoms in total. The molecule has 1 aliphatic rings. The molecule has 0 unspecified atom stereocenters. The highest BCUT2D eigenvalue weighted by Gasteiger charge is 2.22. The van der Waals surface area contributed by atoms with Crippen LogP contribution >= 0.6 is 11.8 Å². The van der Waals surface area contributed by atoms with E-state index in [-0.39, 0.29) is 5.91 Å². The molecule has 0 atom stereocenters. The highest BCUT2D eigenvalue weighted by Crippen LogP contribution is 2.47. The van der Waals surface area contributed by atoms with E-state index in [1.165, 1.54) is 21.2 Å². The number of para-hydroxylation sites is 2. The van der Waals surface area contributed by atoms with Crippen molar-refractivity contribution in [1.82, 2.24) is 5.32 Å². The second-order valence-corrected chi connectivity index (χ2v) is 8.02. The number of carbonyl (C=O) groups is 1. The molecule has 0 saturated carbocycles. The molecule has 1 aliphatic heterocycles. The van der Waals surface area contributed by atoms with Crippen molar-refractivity contribution in [2.75, 3.05) is 25.1 Å². The number of benzene rings is 3. The number of nitrogens with one attached hydrogen (secondary N) is 1. The summed E-state index contributed by atoms with van der Waals surface area (Å²) in [6, 6.07) is 24.6. The highest BCUT2D eigenvalue weighted by molar-refractivity contribution is 7.99. The van der Waals surface area contributed by atoms with Crippen LogP contribution in [0, 0.1) is 0 Å². The SMILES string of the molecule is COc1ccc(/C=C/C(=O)NCCCN2c3ccccc3Sc3ccccc32)cc1. The third-order valence-electron chi connectivity index (χ3n) is 4.93.